The van der Waals surface area contributed by atoms with E-state index < -0.39 is 160 Å². The molecule has 2 amide bonds. The van der Waals surface area contributed by atoms with Crippen LogP contribution in [0.2, 0.25) is 0 Å². The summed E-state index contributed by atoms with van der Waals surface area (Å²) in [5, 5.41) is 175. The van der Waals surface area contributed by atoms with Crippen LogP contribution in [-0.4, -0.2) is 241 Å². The summed E-state index contributed by atoms with van der Waals surface area (Å²) in [5.41, 5.74) is -5.12. The molecule has 66 heavy (non-hydrogen) atoms. The van der Waals surface area contributed by atoms with Gasteiger partial charge in [0.15, 0.2) is 12.2 Å². The lowest BCUT2D eigenvalue weighted by Crippen LogP contribution is -2.78. The van der Waals surface area contributed by atoms with Crippen molar-refractivity contribution < 1.29 is 120 Å². The number of hydrogen-bond donors (Lipinski definition) is 18. The van der Waals surface area contributed by atoms with E-state index in [-0.39, 0.29) is 35.7 Å². The normalized spacial score (nSPS) is 41.7. The first kappa shape index (κ1) is 51.6. The Morgan fingerprint density at radius 1 is 0.515 bits per heavy atom. The molecule has 4 aliphatic heterocycles. The molecule has 4 aliphatic rings. The highest BCUT2D eigenvalue weighted by Crippen LogP contribution is 2.42. The minimum absolute atomic E-state index is 0.178. The van der Waals surface area contributed by atoms with Crippen LogP contribution in [0.1, 0.15) is 12.8 Å². The smallest absolute Gasteiger partial charge is 0.266 e. The Bertz CT molecular complexity index is 1810. The Hall–Kier alpha value is -3.82. The molecule has 26 nitrogen and oxygen atoms in total. The fourth-order valence-corrected chi connectivity index (χ4v) is 8.31. The number of hydrogen-bond acceptors (Lipinski definition) is 24. The molecular formula is C40H56N2O24. The summed E-state index contributed by atoms with van der Waals surface area (Å²) in [6.45, 7) is -5.34. The second-order valence-electron chi connectivity index (χ2n) is 16.6. The van der Waals surface area contributed by atoms with Gasteiger partial charge in [-0.1, -0.05) is 0 Å². The van der Waals surface area contributed by atoms with Gasteiger partial charge in [-0.2, -0.15) is 0 Å². The van der Waals surface area contributed by atoms with Crippen molar-refractivity contribution in [2.75, 3.05) is 50.3 Å². The largest absolute Gasteiger partial charge is 0.457 e. The lowest BCUT2D eigenvalue weighted by Gasteiger charge is -2.54. The molecular weight excluding hydrogens is 892 g/mol. The Balaban J connectivity index is 1.02. The minimum Gasteiger partial charge on any atom is -0.457 e. The van der Waals surface area contributed by atoms with E-state index in [1.165, 1.54) is 48.5 Å². The Morgan fingerprint density at radius 2 is 0.848 bits per heavy atom. The number of aliphatic hydroxyl groups is 16. The van der Waals surface area contributed by atoms with E-state index in [9.17, 15) is 91.3 Å². The van der Waals surface area contributed by atoms with Crippen molar-refractivity contribution in [1.29, 1.82) is 0 Å². The van der Waals surface area contributed by atoms with Crippen LogP contribution in [0, 0.1) is 0 Å². The Kier molecular flexibility index (Phi) is 16.0. The molecule has 0 spiro atoms. The third kappa shape index (κ3) is 9.73. The molecule has 0 unspecified atom stereocenters. The lowest BCUT2D eigenvalue weighted by molar-refractivity contribution is -0.380. The maximum atomic E-state index is 12.7. The van der Waals surface area contributed by atoms with Crippen molar-refractivity contribution >= 4 is 23.2 Å². The average molecular weight is 949 g/mol. The van der Waals surface area contributed by atoms with Crippen molar-refractivity contribution in [3.8, 4) is 11.5 Å². The molecule has 4 fully saturated rings. The summed E-state index contributed by atoms with van der Waals surface area (Å²) < 4.78 is 32.7. The van der Waals surface area contributed by atoms with Crippen LogP contribution in [0.4, 0.5) is 11.4 Å². The molecule has 18 atom stereocenters. The van der Waals surface area contributed by atoms with Gasteiger partial charge >= 0.3 is 0 Å². The van der Waals surface area contributed by atoms with E-state index in [2.05, 4.69) is 10.6 Å². The Labute approximate surface area is 373 Å². The zero-order valence-corrected chi connectivity index (χ0v) is 34.8. The molecule has 0 bridgehead atoms. The number of ether oxygens (including phenoxy) is 6. The maximum Gasteiger partial charge on any atom is 0.266 e. The minimum atomic E-state index is -2.93. The molecule has 2 aromatic carbocycles. The molecule has 370 valence electrons. The van der Waals surface area contributed by atoms with Crippen LogP contribution in [0.5, 0.6) is 11.5 Å². The molecule has 6 rings (SSSR count). The maximum absolute atomic E-state index is 12.7. The van der Waals surface area contributed by atoms with Gasteiger partial charge in [0.2, 0.25) is 11.8 Å². The van der Waals surface area contributed by atoms with Crippen LogP contribution >= 0.6 is 0 Å². The SMILES string of the molecule is O=C(CCC(=O)Nc1ccc(O[C@@]2(O)[C@H](O)[C@](O)([C@@H]3O[C@H](CO)[C@@H](O)[C@H](O)[C@H]3O)CO[C@@H]2CO)cc1)Nc1ccc(O[C@@]2(O)[C@H](O)[C@](O)([C@@H]3O[C@H](CO)[C@@H](O)[C@H](O)[C@H]3O)CO[C@@H]2CO)cc1. The van der Waals surface area contributed by atoms with Crippen molar-refractivity contribution in [1.82, 2.24) is 0 Å². The molecule has 0 aliphatic carbocycles. The highest BCUT2D eigenvalue weighted by Gasteiger charge is 2.68. The van der Waals surface area contributed by atoms with E-state index in [1.807, 2.05) is 0 Å². The highest BCUT2D eigenvalue weighted by molar-refractivity contribution is 5.96. The lowest BCUT2D eigenvalue weighted by atomic mass is 9.76. The molecule has 0 aromatic heterocycles. The molecule has 0 radical (unpaired) electrons. The second kappa shape index (κ2) is 20.4. The molecule has 26 heteroatoms. The fourth-order valence-electron chi connectivity index (χ4n) is 8.31. The van der Waals surface area contributed by atoms with Crippen LogP contribution in [0.25, 0.3) is 0 Å². The number of anilines is 2. The molecule has 4 heterocycles. The summed E-state index contributed by atoms with van der Waals surface area (Å²) in [5.74, 6) is -7.49. The van der Waals surface area contributed by atoms with Gasteiger partial charge in [0.1, 0.15) is 95.9 Å². The van der Waals surface area contributed by atoms with Crippen LogP contribution < -0.4 is 20.1 Å². The van der Waals surface area contributed by atoms with Crippen molar-refractivity contribution in [2.45, 2.75) is 121 Å². The summed E-state index contributed by atoms with van der Waals surface area (Å²) in [6.07, 6.45) is -27.3. The summed E-state index contributed by atoms with van der Waals surface area (Å²) in [6, 6.07) is 10.1. The van der Waals surface area contributed by atoms with Crippen LogP contribution in [0.3, 0.4) is 0 Å². The third-order valence-electron chi connectivity index (χ3n) is 12.2. The number of carbonyl (C=O) groups is 2. The monoisotopic (exact) mass is 948 g/mol. The van der Waals surface area contributed by atoms with Gasteiger partial charge in [0, 0.05) is 24.2 Å². The number of benzene rings is 2. The van der Waals surface area contributed by atoms with Gasteiger partial charge in [-0.15, -0.1) is 0 Å². The number of amides is 2. The summed E-state index contributed by atoms with van der Waals surface area (Å²) >= 11 is 0. The van der Waals surface area contributed by atoms with Gasteiger partial charge in [-0.05, 0) is 48.5 Å². The van der Waals surface area contributed by atoms with Crippen molar-refractivity contribution in [3.63, 3.8) is 0 Å². The van der Waals surface area contributed by atoms with Crippen LogP contribution in [-0.2, 0) is 28.5 Å². The van der Waals surface area contributed by atoms with Gasteiger partial charge in [-0.25, -0.2) is 0 Å². The first-order valence-corrected chi connectivity index (χ1v) is 20.6. The zero-order valence-electron chi connectivity index (χ0n) is 34.8. The number of rotatable bonds is 15. The van der Waals surface area contributed by atoms with Gasteiger partial charge in [-0.3, -0.25) is 9.59 Å². The molecule has 2 aromatic rings. The number of nitrogens with one attached hydrogen (secondary N) is 2. The number of carbonyl (C=O) groups excluding carboxylic acids is 2. The first-order valence-electron chi connectivity index (χ1n) is 20.6. The van der Waals surface area contributed by atoms with E-state index >= 15 is 0 Å². The predicted octanol–water partition coefficient (Wildman–Crippen LogP) is -8.17. The van der Waals surface area contributed by atoms with E-state index in [0.29, 0.717) is 0 Å². The number of aliphatic hydroxyl groups excluding tert-OH is 12. The molecule has 4 saturated heterocycles. The summed E-state index contributed by atoms with van der Waals surface area (Å²) in [4.78, 5) is 25.5. The van der Waals surface area contributed by atoms with E-state index in [1.54, 1.807) is 0 Å². The van der Waals surface area contributed by atoms with Gasteiger partial charge in [0.25, 0.3) is 11.6 Å². The Morgan fingerprint density at radius 3 is 1.15 bits per heavy atom. The van der Waals surface area contributed by atoms with Gasteiger partial charge in [0.05, 0.1) is 39.6 Å². The molecule has 0 saturated carbocycles. The van der Waals surface area contributed by atoms with Crippen molar-refractivity contribution in [2.24, 2.45) is 0 Å². The predicted molar refractivity (Wildman–Crippen MR) is 214 cm³/mol. The highest BCUT2D eigenvalue weighted by atomic mass is 16.7. The fraction of sp³-hybridized carbons (Fsp3) is 0.650. The van der Waals surface area contributed by atoms with E-state index in [4.69, 9.17) is 28.4 Å². The van der Waals surface area contributed by atoms with Gasteiger partial charge < -0.3 is 121 Å². The topological polar surface area (TPSA) is 437 Å². The third-order valence-corrected chi connectivity index (χ3v) is 12.2. The zero-order chi connectivity index (χ0) is 48.5. The standard InChI is InChI=1S/C40H56N2O24/c43-11-21-27(49)29(51)31(53)33(63-21)37(57)15-61-23(13-45)39(59,35(37)55)65-19-5-1-17(2-6-19)41-25(47)9-10-26(48)42-18-3-7-20(8-4-18)66-40(60)24(14-46)62-16-38(58,36(40)56)34-32(54)30(52)28(50)22(12-44)64-34/h1-8,21-24,27-36,43-46,49-60H,9-16H2,(H,41,47)(H,42,48)/t21-,22-,23-,24-,27-,28-,29+,30+,31-,32-,33-,34-,35-,36-,37-,38-,39-,40-/m1/s1. The average Bonchev–Trinajstić information content (AvgIpc) is 3.29. The summed E-state index contributed by atoms with van der Waals surface area (Å²) in [7, 11) is 0. The van der Waals surface area contributed by atoms with Crippen molar-refractivity contribution in [3.05, 3.63) is 48.5 Å². The quantitative estimate of drug-likeness (QED) is 0.0737. The van der Waals surface area contributed by atoms with E-state index in [0.717, 1.165) is 0 Å². The van der Waals surface area contributed by atoms with Crippen LogP contribution in [0.15, 0.2) is 48.5 Å². The first-order chi connectivity index (χ1) is 31.1. The second-order valence-corrected chi connectivity index (χ2v) is 16.6. The molecule has 18 N–H and O–H groups in total.